The van der Waals surface area contributed by atoms with Crippen molar-refractivity contribution in [3.05, 3.63) is 60.2 Å². The molecule has 1 aromatic heterocycles. The zero-order valence-electron chi connectivity index (χ0n) is 22.6. The van der Waals surface area contributed by atoms with Crippen LogP contribution in [0.5, 0.6) is 5.75 Å². The maximum absolute atomic E-state index is 12.6. The van der Waals surface area contributed by atoms with Crippen LogP contribution in [0, 0.1) is 5.92 Å². The predicted molar refractivity (Wildman–Crippen MR) is 149 cm³/mol. The Kier molecular flexibility index (Phi) is 9.99. The highest BCUT2D eigenvalue weighted by molar-refractivity contribution is 7.99. The average molecular weight is 588 g/mol. The van der Waals surface area contributed by atoms with Gasteiger partial charge in [-0.05, 0) is 36.8 Å². The highest BCUT2D eigenvalue weighted by Gasteiger charge is 2.44. The molecule has 6 atom stereocenters. The number of benzene rings is 2. The Morgan fingerprint density at radius 2 is 1.76 bits per heavy atom. The van der Waals surface area contributed by atoms with E-state index < -0.39 is 47.7 Å². The maximum Gasteiger partial charge on any atom is 0.333 e. The summed E-state index contributed by atoms with van der Waals surface area (Å²) in [5, 5.41) is 49.9. The Labute approximate surface area is 240 Å². The molecule has 6 unspecified atom stereocenters. The smallest absolute Gasteiger partial charge is 0.333 e. The number of fused-ring (bicyclic) bond motifs is 1. The molecule has 12 nitrogen and oxygen atoms in total. The Hall–Kier alpha value is -3.49. The molecule has 1 aliphatic heterocycles. The lowest BCUT2D eigenvalue weighted by atomic mass is 10.0. The van der Waals surface area contributed by atoms with Crippen molar-refractivity contribution in [2.45, 2.75) is 50.1 Å². The molecule has 220 valence electrons. The van der Waals surface area contributed by atoms with Crippen molar-refractivity contribution >= 4 is 34.7 Å². The highest BCUT2D eigenvalue weighted by atomic mass is 32.2. The topological polar surface area (TPSA) is 173 Å². The predicted octanol–water partition coefficient (Wildman–Crippen LogP) is 1.51. The molecule has 2 aromatic carbocycles. The summed E-state index contributed by atoms with van der Waals surface area (Å²) >= 11 is 1.08. The van der Waals surface area contributed by atoms with Crippen molar-refractivity contribution in [2.75, 3.05) is 19.0 Å². The first kappa shape index (κ1) is 30.5. The van der Waals surface area contributed by atoms with Crippen molar-refractivity contribution in [1.82, 2.24) is 15.0 Å². The van der Waals surface area contributed by atoms with E-state index in [2.05, 4.69) is 16.8 Å². The second-order valence-corrected chi connectivity index (χ2v) is 11.0. The first-order chi connectivity index (χ1) is 19.5. The molecular formula is C28H33N3O9S. The van der Waals surface area contributed by atoms with E-state index in [4.69, 9.17) is 14.2 Å². The number of ether oxygens (including phenoxy) is 3. The largest absolute Gasteiger partial charge is 0.506 e. The first-order valence-electron chi connectivity index (χ1n) is 13.0. The number of carbonyl (C=O) groups is 2. The number of phenols is 1. The van der Waals surface area contributed by atoms with E-state index >= 15 is 0 Å². The SMILES string of the molecule is C=C(C)C(=O)OCC1OC(SCC(C)C(=O)OCCc2ccc(O)c(-n3nc4ccccc4n3)c2)C(O)C(O)C1O. The zero-order valence-corrected chi connectivity index (χ0v) is 23.4. The Balaban J connectivity index is 1.27. The summed E-state index contributed by atoms with van der Waals surface area (Å²) in [5.41, 5.74) is 1.79. The molecule has 4 N–H and O–H groups in total. The Bertz CT molecular complexity index is 1360. The van der Waals surface area contributed by atoms with Crippen LogP contribution in [0.4, 0.5) is 0 Å². The lowest BCUT2D eigenvalue weighted by Crippen LogP contribution is -2.58. The fourth-order valence-corrected chi connectivity index (χ4v) is 5.24. The number of aliphatic hydroxyl groups is 3. The van der Waals surface area contributed by atoms with E-state index in [1.165, 1.54) is 17.8 Å². The number of hydrogen-bond acceptors (Lipinski definition) is 12. The maximum atomic E-state index is 12.6. The van der Waals surface area contributed by atoms with Gasteiger partial charge in [0.1, 0.15) is 58.9 Å². The second-order valence-electron chi connectivity index (χ2n) is 9.85. The minimum atomic E-state index is -1.53. The number of carbonyl (C=O) groups excluding carboxylic acids is 2. The van der Waals surface area contributed by atoms with Gasteiger partial charge in [-0.25, -0.2) is 4.79 Å². The molecule has 4 rings (SSSR count). The van der Waals surface area contributed by atoms with Gasteiger partial charge in [0.25, 0.3) is 0 Å². The third kappa shape index (κ3) is 7.43. The van der Waals surface area contributed by atoms with Gasteiger partial charge >= 0.3 is 11.9 Å². The third-order valence-corrected chi connectivity index (χ3v) is 7.90. The van der Waals surface area contributed by atoms with Gasteiger partial charge in [0.15, 0.2) is 0 Å². The average Bonchev–Trinajstić information content (AvgIpc) is 3.39. The molecule has 0 radical (unpaired) electrons. The minimum absolute atomic E-state index is 0.0117. The number of aromatic nitrogens is 3. The number of nitrogens with zero attached hydrogens (tertiary/aromatic N) is 3. The van der Waals surface area contributed by atoms with Crippen molar-refractivity contribution in [1.29, 1.82) is 0 Å². The fraction of sp³-hybridized carbons (Fsp3) is 0.429. The van der Waals surface area contributed by atoms with E-state index in [-0.39, 0.29) is 30.3 Å². The normalized spacial score (nSPS) is 23.2. The van der Waals surface area contributed by atoms with Crippen molar-refractivity contribution < 1.29 is 44.2 Å². The van der Waals surface area contributed by atoms with Crippen LogP contribution in [-0.2, 0) is 30.2 Å². The van der Waals surface area contributed by atoms with Gasteiger partial charge in [-0.1, -0.05) is 31.7 Å². The summed E-state index contributed by atoms with van der Waals surface area (Å²) in [4.78, 5) is 25.6. The molecule has 0 spiro atoms. The molecule has 2 heterocycles. The van der Waals surface area contributed by atoms with E-state index in [1.807, 2.05) is 24.3 Å². The summed E-state index contributed by atoms with van der Waals surface area (Å²) in [7, 11) is 0. The molecule has 3 aromatic rings. The first-order valence-corrected chi connectivity index (χ1v) is 14.0. The number of aromatic hydroxyl groups is 1. The van der Waals surface area contributed by atoms with Crippen LogP contribution in [0.25, 0.3) is 16.7 Å². The van der Waals surface area contributed by atoms with Gasteiger partial charge in [-0.15, -0.1) is 26.8 Å². The summed E-state index contributed by atoms with van der Waals surface area (Å²) in [5.74, 6) is -1.50. The molecule has 41 heavy (non-hydrogen) atoms. The standard InChI is InChI=1S/C28H33N3O9S/c1-15(2)26(36)39-13-22-23(33)24(34)25(35)28(40-22)41-14-16(3)27(37)38-11-10-17-8-9-21(32)20(12-17)31-29-18-6-4-5-7-19(18)30-31/h4-9,12,16,22-25,28,32-35H,1,10-11,13-14H2,2-3H3. The molecule has 13 heteroatoms. The lowest BCUT2D eigenvalue weighted by Gasteiger charge is -2.40. The molecule has 0 amide bonds. The fourth-order valence-electron chi connectivity index (χ4n) is 4.04. The second kappa shape index (κ2) is 13.4. The van der Waals surface area contributed by atoms with E-state index in [9.17, 15) is 30.0 Å². The van der Waals surface area contributed by atoms with Crippen molar-refractivity contribution in [3.8, 4) is 11.4 Å². The number of phenolic OH excluding ortho intramolecular Hbond substituents is 1. The van der Waals surface area contributed by atoms with E-state index in [0.29, 0.717) is 23.1 Å². The van der Waals surface area contributed by atoms with Gasteiger partial charge in [0, 0.05) is 17.7 Å². The summed E-state index contributed by atoms with van der Waals surface area (Å²) in [6, 6.07) is 12.3. The minimum Gasteiger partial charge on any atom is -0.506 e. The molecule has 1 saturated heterocycles. The van der Waals surface area contributed by atoms with Crippen molar-refractivity contribution in [3.63, 3.8) is 0 Å². The highest BCUT2D eigenvalue weighted by Crippen LogP contribution is 2.30. The van der Waals surface area contributed by atoms with Gasteiger partial charge in [0.2, 0.25) is 0 Å². The number of esters is 2. The molecule has 1 fully saturated rings. The van der Waals surface area contributed by atoms with Crippen LogP contribution in [-0.4, -0.2) is 96.2 Å². The number of rotatable bonds is 11. The van der Waals surface area contributed by atoms with Gasteiger partial charge in [-0.3, -0.25) is 4.79 Å². The van der Waals surface area contributed by atoms with Crippen LogP contribution >= 0.6 is 11.8 Å². The van der Waals surface area contributed by atoms with Gasteiger partial charge in [-0.2, -0.15) is 0 Å². The molecule has 1 aliphatic rings. The van der Waals surface area contributed by atoms with Crippen LogP contribution in [0.2, 0.25) is 0 Å². The lowest BCUT2D eigenvalue weighted by molar-refractivity contribution is -0.209. The number of aliphatic hydroxyl groups excluding tert-OH is 3. The van der Waals surface area contributed by atoms with Gasteiger partial charge in [0.05, 0.1) is 12.5 Å². The van der Waals surface area contributed by atoms with Gasteiger partial charge < -0.3 is 34.6 Å². The number of thioether (sulfide) groups is 1. The summed E-state index contributed by atoms with van der Waals surface area (Å²) in [6.07, 6.45) is -5.09. The molecule has 0 aliphatic carbocycles. The quantitative estimate of drug-likeness (QED) is 0.188. The van der Waals surface area contributed by atoms with Crippen LogP contribution in [0.1, 0.15) is 19.4 Å². The Morgan fingerprint density at radius 3 is 2.41 bits per heavy atom. The summed E-state index contributed by atoms with van der Waals surface area (Å²) in [6.45, 7) is 6.37. The van der Waals surface area contributed by atoms with Crippen LogP contribution in [0.3, 0.4) is 0 Å². The zero-order chi connectivity index (χ0) is 29.7. The monoisotopic (exact) mass is 587 g/mol. The van der Waals surface area contributed by atoms with Crippen LogP contribution in [0.15, 0.2) is 54.6 Å². The van der Waals surface area contributed by atoms with Crippen molar-refractivity contribution in [2.24, 2.45) is 5.92 Å². The van der Waals surface area contributed by atoms with Crippen LogP contribution < -0.4 is 0 Å². The molecular weight excluding hydrogens is 554 g/mol. The molecule has 0 saturated carbocycles. The Morgan fingerprint density at radius 1 is 1.07 bits per heavy atom. The molecule has 0 bridgehead atoms. The third-order valence-electron chi connectivity index (χ3n) is 6.49. The number of hydrogen-bond donors (Lipinski definition) is 4. The summed E-state index contributed by atoms with van der Waals surface area (Å²) < 4.78 is 16.1. The van der Waals surface area contributed by atoms with E-state index in [1.54, 1.807) is 19.1 Å². The van der Waals surface area contributed by atoms with E-state index in [0.717, 1.165) is 17.3 Å².